The van der Waals surface area contributed by atoms with Gasteiger partial charge in [0.2, 0.25) is 0 Å². The van der Waals surface area contributed by atoms with Crippen molar-refractivity contribution in [1.82, 2.24) is 14.7 Å². The van der Waals surface area contributed by atoms with E-state index in [4.69, 9.17) is 5.73 Å². The number of halogens is 4. The van der Waals surface area contributed by atoms with Crippen LogP contribution < -0.4 is 11.1 Å². The summed E-state index contributed by atoms with van der Waals surface area (Å²) in [6.45, 7) is -0.259. The summed E-state index contributed by atoms with van der Waals surface area (Å²) < 4.78 is 53.6. The van der Waals surface area contributed by atoms with E-state index in [0.717, 1.165) is 4.68 Å². The van der Waals surface area contributed by atoms with Gasteiger partial charge in [-0.3, -0.25) is 9.48 Å². The smallest absolute Gasteiger partial charge is 0.407 e. The number of carbonyl (C=O) groups excluding carboxylic acids is 1. The van der Waals surface area contributed by atoms with E-state index in [1.165, 1.54) is 30.5 Å². The summed E-state index contributed by atoms with van der Waals surface area (Å²) in [5.41, 5.74) is 5.65. The lowest BCUT2D eigenvalue weighted by atomic mass is 9.84. The number of nitrogens with one attached hydrogen (secondary N) is 1. The van der Waals surface area contributed by atoms with Crippen LogP contribution in [0, 0.1) is 23.1 Å². The van der Waals surface area contributed by atoms with Crippen LogP contribution in [-0.4, -0.2) is 50.6 Å². The summed E-state index contributed by atoms with van der Waals surface area (Å²) >= 11 is 0. The normalized spacial score (nSPS) is 21.1. The molecule has 0 aliphatic carbocycles. The number of primary amides is 1. The lowest BCUT2D eigenvalue weighted by molar-refractivity contribution is -0.152. The third-order valence-electron chi connectivity index (χ3n) is 5.17. The maximum atomic E-state index is 13.1. The second kappa shape index (κ2) is 8.74. The average Bonchev–Trinajstić information content (AvgIpc) is 3.12. The predicted octanol–water partition coefficient (Wildman–Crippen LogP) is 3.25. The second-order valence-corrected chi connectivity index (χ2v) is 7.24. The Morgan fingerprint density at radius 1 is 1.31 bits per heavy atom. The summed E-state index contributed by atoms with van der Waals surface area (Å²) in [6.07, 6.45) is -6.57. The van der Waals surface area contributed by atoms with Gasteiger partial charge in [-0.1, -0.05) is 0 Å². The minimum atomic E-state index is -4.70. The molecule has 1 aliphatic rings. The van der Waals surface area contributed by atoms with Crippen molar-refractivity contribution in [2.24, 2.45) is 11.7 Å². The maximum Gasteiger partial charge on any atom is 0.407 e. The Hall–Kier alpha value is -3.82. The van der Waals surface area contributed by atoms with Gasteiger partial charge in [0.15, 0.2) is 5.82 Å². The summed E-state index contributed by atoms with van der Waals surface area (Å²) in [6, 6.07) is 4.28. The number of amides is 2. The lowest BCUT2D eigenvalue weighted by Gasteiger charge is -2.41. The van der Waals surface area contributed by atoms with Gasteiger partial charge in [-0.05, 0) is 30.7 Å². The van der Waals surface area contributed by atoms with Gasteiger partial charge < -0.3 is 21.1 Å². The van der Waals surface area contributed by atoms with Gasteiger partial charge >= 0.3 is 12.3 Å². The van der Waals surface area contributed by atoms with Crippen LogP contribution in [0.5, 0.6) is 0 Å². The summed E-state index contributed by atoms with van der Waals surface area (Å²) in [5.74, 6) is -2.80. The van der Waals surface area contributed by atoms with E-state index in [1.807, 2.05) is 0 Å². The number of carboxylic acid groups (broad SMARTS) is 1. The van der Waals surface area contributed by atoms with Crippen LogP contribution in [0.1, 0.15) is 29.2 Å². The number of hydrogen-bond donors (Lipinski definition) is 3. The number of likely N-dealkylation sites (tertiary alicyclic amines) is 1. The van der Waals surface area contributed by atoms with Crippen LogP contribution in [0.15, 0.2) is 30.5 Å². The molecule has 4 N–H and O–H groups in total. The monoisotopic (exact) mass is 454 g/mol. The highest BCUT2D eigenvalue weighted by molar-refractivity contribution is 5.98. The fourth-order valence-corrected chi connectivity index (χ4v) is 3.75. The minimum Gasteiger partial charge on any atom is -0.465 e. The third-order valence-corrected chi connectivity index (χ3v) is 5.17. The number of anilines is 2. The molecule has 2 amide bonds. The quantitative estimate of drug-likeness (QED) is 0.593. The molecule has 3 rings (SSSR count). The van der Waals surface area contributed by atoms with E-state index in [9.17, 15) is 37.5 Å². The number of rotatable bonds is 5. The molecule has 2 heterocycles. The minimum absolute atomic E-state index is 0.00520. The van der Waals surface area contributed by atoms with Crippen molar-refractivity contribution in [3.05, 3.63) is 41.8 Å². The molecule has 170 valence electrons. The van der Waals surface area contributed by atoms with Crippen molar-refractivity contribution in [3.8, 4) is 6.07 Å². The van der Waals surface area contributed by atoms with Gasteiger partial charge in [-0.15, -0.1) is 0 Å². The molecular formula is C19H18F4N6O3. The number of carbonyl (C=O) groups is 2. The standard InChI is InChI=1S/C19H18F4N6O3/c20-10-1-3-11(4-2-10)26-17-13(16(25)30)9-29(27-17)14-5-6-28(18(31)32)15(12(14)8-24)7-19(21,22)23/h1-4,9,12,14-15H,5-7H2,(H2,25,30)(H,26,27)(H,31,32)/t12-,14+,15?/m0/s1. The molecule has 0 saturated carbocycles. The Bertz CT molecular complexity index is 1050. The van der Waals surface area contributed by atoms with Gasteiger partial charge in [0, 0.05) is 18.4 Å². The highest BCUT2D eigenvalue weighted by Crippen LogP contribution is 2.38. The SMILES string of the molecule is N#C[C@@H]1C(CC(F)(F)F)N(C(=O)O)CC[C@H]1n1cc(C(N)=O)c(Nc2ccc(F)cc2)n1. The highest BCUT2D eigenvalue weighted by Gasteiger charge is 2.47. The summed E-state index contributed by atoms with van der Waals surface area (Å²) in [5, 5.41) is 25.9. The van der Waals surface area contributed by atoms with Crippen LogP contribution in [-0.2, 0) is 0 Å². The van der Waals surface area contributed by atoms with E-state index < -0.39 is 48.4 Å². The number of alkyl halides is 3. The van der Waals surface area contributed by atoms with Crippen molar-refractivity contribution in [1.29, 1.82) is 5.26 Å². The van der Waals surface area contributed by atoms with Gasteiger partial charge in [0.05, 0.1) is 30.5 Å². The number of nitriles is 1. The summed E-state index contributed by atoms with van der Waals surface area (Å²) in [7, 11) is 0. The molecule has 1 unspecified atom stereocenters. The Labute approximate surface area is 179 Å². The van der Waals surface area contributed by atoms with E-state index in [-0.39, 0.29) is 24.3 Å². The number of nitrogens with two attached hydrogens (primary N) is 1. The van der Waals surface area contributed by atoms with Crippen molar-refractivity contribution >= 4 is 23.5 Å². The first-order chi connectivity index (χ1) is 15.0. The second-order valence-electron chi connectivity index (χ2n) is 7.24. The van der Waals surface area contributed by atoms with E-state index in [1.54, 1.807) is 6.07 Å². The molecule has 0 radical (unpaired) electrons. The zero-order chi connectivity index (χ0) is 23.6. The van der Waals surface area contributed by atoms with Gasteiger partial charge in [0.25, 0.3) is 5.91 Å². The first-order valence-corrected chi connectivity index (χ1v) is 9.37. The molecule has 0 bridgehead atoms. The van der Waals surface area contributed by atoms with Gasteiger partial charge in [-0.25, -0.2) is 9.18 Å². The molecule has 0 spiro atoms. The largest absolute Gasteiger partial charge is 0.465 e. The molecule has 1 aliphatic heterocycles. The van der Waals surface area contributed by atoms with Crippen LogP contribution in [0.4, 0.5) is 33.9 Å². The molecule has 13 heteroatoms. The van der Waals surface area contributed by atoms with Crippen LogP contribution >= 0.6 is 0 Å². The molecule has 9 nitrogen and oxygen atoms in total. The van der Waals surface area contributed by atoms with Crippen LogP contribution in [0.25, 0.3) is 0 Å². The maximum absolute atomic E-state index is 13.1. The predicted molar refractivity (Wildman–Crippen MR) is 102 cm³/mol. The van der Waals surface area contributed by atoms with Crippen LogP contribution in [0.3, 0.4) is 0 Å². The fourth-order valence-electron chi connectivity index (χ4n) is 3.75. The summed E-state index contributed by atoms with van der Waals surface area (Å²) in [4.78, 5) is 23.9. The molecule has 1 aromatic carbocycles. The number of aromatic nitrogens is 2. The van der Waals surface area contributed by atoms with Crippen LogP contribution in [0.2, 0.25) is 0 Å². The Morgan fingerprint density at radius 2 is 1.97 bits per heavy atom. The Morgan fingerprint density at radius 3 is 2.50 bits per heavy atom. The van der Waals surface area contributed by atoms with E-state index in [2.05, 4.69) is 10.4 Å². The number of piperidine rings is 1. The number of benzene rings is 1. The first kappa shape index (κ1) is 22.9. The number of hydrogen-bond acceptors (Lipinski definition) is 5. The molecule has 1 saturated heterocycles. The zero-order valence-electron chi connectivity index (χ0n) is 16.4. The average molecular weight is 454 g/mol. The topological polar surface area (TPSA) is 137 Å². The Kier molecular flexibility index (Phi) is 6.24. The molecule has 32 heavy (non-hydrogen) atoms. The van der Waals surface area contributed by atoms with Crippen molar-refractivity contribution in [2.75, 3.05) is 11.9 Å². The zero-order valence-corrected chi connectivity index (χ0v) is 16.4. The highest BCUT2D eigenvalue weighted by atomic mass is 19.4. The van der Waals surface area contributed by atoms with Crippen molar-refractivity contribution in [3.63, 3.8) is 0 Å². The first-order valence-electron chi connectivity index (χ1n) is 9.37. The fraction of sp³-hybridized carbons (Fsp3) is 0.368. The molecule has 1 aromatic heterocycles. The third kappa shape index (κ3) is 4.90. The van der Waals surface area contributed by atoms with E-state index in [0.29, 0.717) is 10.6 Å². The molecule has 1 fully saturated rings. The number of nitrogens with zero attached hydrogens (tertiary/aromatic N) is 4. The molecular weight excluding hydrogens is 436 g/mol. The van der Waals surface area contributed by atoms with E-state index >= 15 is 0 Å². The Balaban J connectivity index is 1.96. The van der Waals surface area contributed by atoms with Gasteiger partial charge in [-0.2, -0.15) is 23.5 Å². The van der Waals surface area contributed by atoms with Crippen molar-refractivity contribution in [2.45, 2.75) is 31.1 Å². The van der Waals surface area contributed by atoms with Crippen molar-refractivity contribution < 1.29 is 32.3 Å². The molecule has 3 atom stereocenters. The lowest BCUT2D eigenvalue weighted by Crippen LogP contribution is -2.53. The van der Waals surface area contributed by atoms with Gasteiger partial charge in [0.1, 0.15) is 11.4 Å². The molecule has 2 aromatic rings.